The molecule has 1 aromatic carbocycles. The number of piperidine rings is 1. The Balaban J connectivity index is 1.34. The fourth-order valence-electron chi connectivity index (χ4n) is 4.60. The van der Waals surface area contributed by atoms with Crippen molar-refractivity contribution in [2.45, 2.75) is 71.3 Å². The Morgan fingerprint density at radius 1 is 1.03 bits per heavy atom. The predicted octanol–water partition coefficient (Wildman–Crippen LogP) is 5.81. The molecule has 5 nitrogen and oxygen atoms in total. The summed E-state index contributed by atoms with van der Waals surface area (Å²) in [6.07, 6.45) is 11.1. The number of hydrogen-bond donors (Lipinski definition) is 0. The minimum absolute atomic E-state index is 0.0454. The van der Waals surface area contributed by atoms with Crippen LogP contribution >= 0.6 is 0 Å². The zero-order valence-electron chi connectivity index (χ0n) is 20.2. The molecule has 3 heterocycles. The number of imidazole rings is 1. The molecular weight excluding hydrogens is 408 g/mol. The van der Waals surface area contributed by atoms with Crippen molar-refractivity contribution >= 4 is 5.91 Å². The molecule has 33 heavy (non-hydrogen) atoms. The molecule has 1 saturated heterocycles. The van der Waals surface area contributed by atoms with E-state index in [0.717, 1.165) is 57.6 Å². The largest absolute Gasteiger partial charge is 0.337 e. The van der Waals surface area contributed by atoms with Gasteiger partial charge in [-0.2, -0.15) is 0 Å². The van der Waals surface area contributed by atoms with Crippen molar-refractivity contribution in [1.82, 2.24) is 19.4 Å². The summed E-state index contributed by atoms with van der Waals surface area (Å²) in [5.41, 5.74) is 4.42. The molecule has 0 N–H and O–H groups in total. The van der Waals surface area contributed by atoms with Crippen LogP contribution in [0.15, 0.2) is 55.0 Å². The molecule has 0 spiro atoms. The molecule has 1 amide bonds. The molecule has 4 rings (SSSR count). The number of rotatable bonds is 8. The van der Waals surface area contributed by atoms with Crippen molar-refractivity contribution in [2.24, 2.45) is 0 Å². The Morgan fingerprint density at radius 3 is 2.39 bits per heavy atom. The Hall–Kier alpha value is -2.95. The van der Waals surface area contributed by atoms with Crippen molar-refractivity contribution in [3.05, 3.63) is 83.2 Å². The van der Waals surface area contributed by atoms with Gasteiger partial charge in [0.1, 0.15) is 11.5 Å². The van der Waals surface area contributed by atoms with Gasteiger partial charge >= 0.3 is 0 Å². The lowest BCUT2D eigenvalue weighted by molar-refractivity contribution is 0.0704. The average molecular weight is 445 g/mol. The molecule has 1 aliphatic heterocycles. The summed E-state index contributed by atoms with van der Waals surface area (Å²) in [6, 6.07) is 12.8. The number of pyridine rings is 1. The molecule has 5 heteroatoms. The molecule has 2 aromatic heterocycles. The summed E-state index contributed by atoms with van der Waals surface area (Å²) in [6.45, 7) is 8.96. The van der Waals surface area contributed by atoms with E-state index in [2.05, 4.69) is 60.8 Å². The SMILES string of the molecule is CCCCc1ccc(C(=O)N2CCC(c3nccn3Cc3ccc(C(C)C)cc3)CC2)nc1. The van der Waals surface area contributed by atoms with Gasteiger partial charge in [-0.3, -0.25) is 9.78 Å². The van der Waals surface area contributed by atoms with E-state index in [1.54, 1.807) is 0 Å². The van der Waals surface area contributed by atoms with Gasteiger partial charge < -0.3 is 9.47 Å². The van der Waals surface area contributed by atoms with Gasteiger partial charge in [0.15, 0.2) is 0 Å². The summed E-state index contributed by atoms with van der Waals surface area (Å²) in [4.78, 5) is 24.0. The van der Waals surface area contributed by atoms with Gasteiger partial charge in [0.2, 0.25) is 0 Å². The highest BCUT2D eigenvalue weighted by Crippen LogP contribution is 2.28. The first-order valence-electron chi connectivity index (χ1n) is 12.4. The lowest BCUT2D eigenvalue weighted by Gasteiger charge is -2.31. The van der Waals surface area contributed by atoms with E-state index >= 15 is 0 Å². The van der Waals surface area contributed by atoms with E-state index in [9.17, 15) is 4.79 Å². The zero-order valence-corrected chi connectivity index (χ0v) is 20.2. The van der Waals surface area contributed by atoms with E-state index in [1.165, 1.54) is 16.7 Å². The third kappa shape index (κ3) is 5.70. The Kier molecular flexibility index (Phi) is 7.58. The summed E-state index contributed by atoms with van der Waals surface area (Å²) in [7, 11) is 0. The second-order valence-electron chi connectivity index (χ2n) is 9.53. The van der Waals surface area contributed by atoms with Crippen LogP contribution in [-0.2, 0) is 13.0 Å². The number of carbonyl (C=O) groups is 1. The van der Waals surface area contributed by atoms with E-state index in [4.69, 9.17) is 4.98 Å². The van der Waals surface area contributed by atoms with Gasteiger partial charge in [0.25, 0.3) is 5.91 Å². The van der Waals surface area contributed by atoms with Gasteiger partial charge in [-0.05, 0) is 54.4 Å². The maximum absolute atomic E-state index is 12.9. The number of hydrogen-bond acceptors (Lipinski definition) is 3. The van der Waals surface area contributed by atoms with Crippen molar-refractivity contribution in [1.29, 1.82) is 0 Å². The van der Waals surface area contributed by atoms with Crippen LogP contribution in [-0.4, -0.2) is 38.4 Å². The summed E-state index contributed by atoms with van der Waals surface area (Å²) in [5.74, 6) is 2.10. The molecule has 0 bridgehead atoms. The highest BCUT2D eigenvalue weighted by Gasteiger charge is 2.27. The van der Waals surface area contributed by atoms with Gasteiger partial charge in [-0.15, -0.1) is 0 Å². The normalized spacial score (nSPS) is 14.7. The molecule has 0 unspecified atom stereocenters. The number of amides is 1. The standard InChI is InChI=1S/C28H36N4O/c1-4-5-6-22-9-12-26(30-19-22)28(33)31-16-13-25(14-17-31)27-29-15-18-32(27)20-23-7-10-24(11-8-23)21(2)3/h7-12,15,18-19,21,25H,4-6,13-14,16-17,20H2,1-3H3. The van der Waals surface area contributed by atoms with Crippen molar-refractivity contribution < 1.29 is 4.79 Å². The third-order valence-electron chi connectivity index (χ3n) is 6.76. The van der Waals surface area contributed by atoms with Crippen LogP contribution < -0.4 is 0 Å². The van der Waals surface area contributed by atoms with Crippen LogP contribution in [0.25, 0.3) is 0 Å². The fourth-order valence-corrected chi connectivity index (χ4v) is 4.60. The monoisotopic (exact) mass is 444 g/mol. The van der Waals surface area contributed by atoms with E-state index in [1.807, 2.05) is 29.4 Å². The first kappa shape index (κ1) is 23.2. The fraction of sp³-hybridized carbons (Fsp3) is 0.464. The Labute approximate surface area is 197 Å². The smallest absolute Gasteiger partial charge is 0.272 e. The van der Waals surface area contributed by atoms with Crippen LogP contribution in [0.5, 0.6) is 0 Å². The van der Waals surface area contributed by atoms with E-state index in [0.29, 0.717) is 17.5 Å². The summed E-state index contributed by atoms with van der Waals surface area (Å²) in [5, 5.41) is 0. The summed E-state index contributed by atoms with van der Waals surface area (Å²) >= 11 is 0. The number of likely N-dealkylation sites (tertiary alicyclic amines) is 1. The molecule has 1 aliphatic rings. The molecule has 1 fully saturated rings. The molecule has 0 radical (unpaired) electrons. The van der Waals surface area contributed by atoms with Gasteiger partial charge in [-0.25, -0.2) is 4.98 Å². The molecule has 0 saturated carbocycles. The number of unbranched alkanes of at least 4 members (excludes halogenated alkanes) is 1. The highest BCUT2D eigenvalue weighted by atomic mass is 16.2. The van der Waals surface area contributed by atoms with Gasteiger partial charge in [-0.1, -0.05) is 57.5 Å². The quantitative estimate of drug-likeness (QED) is 0.440. The van der Waals surface area contributed by atoms with Crippen molar-refractivity contribution in [3.63, 3.8) is 0 Å². The van der Waals surface area contributed by atoms with Crippen LogP contribution in [0.4, 0.5) is 0 Å². The number of carbonyl (C=O) groups excluding carboxylic acids is 1. The number of aromatic nitrogens is 3. The zero-order chi connectivity index (χ0) is 23.2. The minimum Gasteiger partial charge on any atom is -0.337 e. The lowest BCUT2D eigenvalue weighted by Crippen LogP contribution is -2.38. The third-order valence-corrected chi connectivity index (χ3v) is 6.76. The number of benzene rings is 1. The Bertz CT molecular complexity index is 1030. The topological polar surface area (TPSA) is 51.0 Å². The maximum Gasteiger partial charge on any atom is 0.272 e. The molecule has 174 valence electrons. The Morgan fingerprint density at radius 2 is 1.76 bits per heavy atom. The first-order chi connectivity index (χ1) is 16.0. The van der Waals surface area contributed by atoms with Crippen LogP contribution in [0.1, 0.15) is 91.3 Å². The molecule has 3 aromatic rings. The minimum atomic E-state index is 0.0454. The van der Waals surface area contributed by atoms with Crippen LogP contribution in [0.2, 0.25) is 0 Å². The van der Waals surface area contributed by atoms with Gasteiger partial charge in [0.05, 0.1) is 0 Å². The van der Waals surface area contributed by atoms with Crippen LogP contribution in [0, 0.1) is 0 Å². The second kappa shape index (κ2) is 10.8. The molecule has 0 atom stereocenters. The number of aryl methyl sites for hydroxylation is 1. The molecular formula is C28H36N4O. The van der Waals surface area contributed by atoms with E-state index < -0.39 is 0 Å². The van der Waals surface area contributed by atoms with Crippen molar-refractivity contribution in [3.8, 4) is 0 Å². The van der Waals surface area contributed by atoms with E-state index in [-0.39, 0.29) is 5.91 Å². The molecule has 0 aliphatic carbocycles. The second-order valence-corrected chi connectivity index (χ2v) is 9.53. The predicted molar refractivity (Wildman–Crippen MR) is 133 cm³/mol. The number of nitrogens with zero attached hydrogens (tertiary/aromatic N) is 4. The van der Waals surface area contributed by atoms with Crippen LogP contribution in [0.3, 0.4) is 0 Å². The van der Waals surface area contributed by atoms with Crippen molar-refractivity contribution in [2.75, 3.05) is 13.1 Å². The lowest BCUT2D eigenvalue weighted by atomic mass is 9.95. The first-order valence-corrected chi connectivity index (χ1v) is 12.4. The van der Waals surface area contributed by atoms with Gasteiger partial charge in [0, 0.05) is 44.1 Å². The highest BCUT2D eigenvalue weighted by molar-refractivity contribution is 5.92. The summed E-state index contributed by atoms with van der Waals surface area (Å²) < 4.78 is 2.27. The average Bonchev–Trinajstić information content (AvgIpc) is 3.31. The maximum atomic E-state index is 12.9.